The van der Waals surface area contributed by atoms with E-state index in [1.165, 1.54) is 11.8 Å². The number of aliphatic hydroxyl groups is 1. The van der Waals surface area contributed by atoms with Crippen LogP contribution in [0.25, 0.3) is 0 Å². The molecule has 2 atom stereocenters. The van der Waals surface area contributed by atoms with Gasteiger partial charge < -0.3 is 14.7 Å². The van der Waals surface area contributed by atoms with Gasteiger partial charge in [-0.15, -0.1) is 0 Å². The zero-order chi connectivity index (χ0) is 12.5. The van der Waals surface area contributed by atoms with Gasteiger partial charge >= 0.3 is 6.09 Å². The lowest BCUT2D eigenvalue weighted by molar-refractivity contribution is -0.122. The lowest BCUT2D eigenvalue weighted by Gasteiger charge is -2.24. The molecule has 0 aromatic heterocycles. The average Bonchev–Trinajstić information content (AvgIpc) is 2.44. The summed E-state index contributed by atoms with van der Waals surface area (Å²) in [6.45, 7) is 7.16. The predicted molar refractivity (Wildman–Crippen MR) is 58.0 cm³/mol. The van der Waals surface area contributed by atoms with Gasteiger partial charge in [0.05, 0.1) is 18.6 Å². The molecule has 16 heavy (non-hydrogen) atoms. The van der Waals surface area contributed by atoms with Crippen LogP contribution in [0.1, 0.15) is 27.7 Å². The van der Waals surface area contributed by atoms with Crippen molar-refractivity contribution in [2.24, 2.45) is 5.92 Å². The molecule has 5 nitrogen and oxygen atoms in total. The van der Waals surface area contributed by atoms with Crippen LogP contribution >= 0.6 is 0 Å². The van der Waals surface area contributed by atoms with Gasteiger partial charge in [-0.25, -0.2) is 4.79 Å². The SMILES string of the molecule is CC(=O)C1CN(C(=O)OC(C)(C)C)CC1O. The molecule has 2 unspecified atom stereocenters. The molecule has 1 heterocycles. The van der Waals surface area contributed by atoms with E-state index < -0.39 is 23.7 Å². The van der Waals surface area contributed by atoms with Gasteiger partial charge in [0.15, 0.2) is 0 Å². The van der Waals surface area contributed by atoms with Gasteiger partial charge in [-0.3, -0.25) is 4.79 Å². The van der Waals surface area contributed by atoms with Crippen molar-refractivity contribution in [2.45, 2.75) is 39.4 Å². The van der Waals surface area contributed by atoms with Crippen molar-refractivity contribution in [3.05, 3.63) is 0 Å². The molecule has 0 aliphatic carbocycles. The molecule has 1 fully saturated rings. The number of carbonyl (C=O) groups excluding carboxylic acids is 2. The summed E-state index contributed by atoms with van der Waals surface area (Å²) in [5.74, 6) is -0.578. The fourth-order valence-electron chi connectivity index (χ4n) is 1.66. The summed E-state index contributed by atoms with van der Waals surface area (Å²) in [6.07, 6.45) is -1.25. The monoisotopic (exact) mass is 229 g/mol. The van der Waals surface area contributed by atoms with E-state index in [0.717, 1.165) is 0 Å². The Balaban J connectivity index is 2.58. The van der Waals surface area contributed by atoms with Crippen LogP contribution in [0.3, 0.4) is 0 Å². The zero-order valence-corrected chi connectivity index (χ0v) is 10.2. The van der Waals surface area contributed by atoms with Gasteiger partial charge in [0.1, 0.15) is 11.4 Å². The number of rotatable bonds is 1. The summed E-state index contributed by atoms with van der Waals surface area (Å²) in [4.78, 5) is 24.2. The quantitative estimate of drug-likeness (QED) is 0.722. The second-order valence-corrected chi connectivity index (χ2v) is 5.17. The second-order valence-electron chi connectivity index (χ2n) is 5.17. The number of hydrogen-bond acceptors (Lipinski definition) is 4. The van der Waals surface area contributed by atoms with Gasteiger partial charge in [0.25, 0.3) is 0 Å². The summed E-state index contributed by atoms with van der Waals surface area (Å²) in [5, 5.41) is 9.61. The van der Waals surface area contributed by atoms with E-state index in [0.29, 0.717) is 0 Å². The van der Waals surface area contributed by atoms with Crippen molar-refractivity contribution < 1.29 is 19.4 Å². The highest BCUT2D eigenvalue weighted by Gasteiger charge is 2.38. The first-order valence-corrected chi connectivity index (χ1v) is 5.37. The van der Waals surface area contributed by atoms with Crippen molar-refractivity contribution >= 4 is 11.9 Å². The first-order chi connectivity index (χ1) is 7.20. The number of ketones is 1. The molecule has 1 amide bonds. The number of nitrogens with zero attached hydrogens (tertiary/aromatic N) is 1. The summed E-state index contributed by atoms with van der Waals surface area (Å²) in [5.41, 5.74) is -0.559. The van der Waals surface area contributed by atoms with Gasteiger partial charge in [-0.05, 0) is 27.7 Å². The Bertz CT molecular complexity index is 295. The maximum Gasteiger partial charge on any atom is 0.410 e. The minimum atomic E-state index is -0.773. The van der Waals surface area contributed by atoms with Crippen LogP contribution < -0.4 is 0 Å². The molecular formula is C11H19NO4. The molecule has 5 heteroatoms. The smallest absolute Gasteiger partial charge is 0.410 e. The molecule has 0 aromatic carbocycles. The maximum atomic E-state index is 11.7. The molecular weight excluding hydrogens is 210 g/mol. The number of likely N-dealkylation sites (tertiary alicyclic amines) is 1. The van der Waals surface area contributed by atoms with E-state index in [4.69, 9.17) is 4.74 Å². The Labute approximate surface area is 95.4 Å². The number of β-amino-alcohol motifs (C(OH)–C–C–N with tert-alkyl or cyclic N) is 1. The van der Waals surface area contributed by atoms with Crippen molar-refractivity contribution in [2.75, 3.05) is 13.1 Å². The molecule has 1 aliphatic heterocycles. The Morgan fingerprint density at radius 2 is 1.88 bits per heavy atom. The number of aliphatic hydroxyl groups excluding tert-OH is 1. The fraction of sp³-hybridized carbons (Fsp3) is 0.818. The standard InChI is InChI=1S/C11H19NO4/c1-7(13)8-5-12(6-9(8)14)10(15)16-11(2,3)4/h8-9,14H,5-6H2,1-4H3. The molecule has 0 saturated carbocycles. The van der Waals surface area contributed by atoms with E-state index in [1.807, 2.05) is 0 Å². The van der Waals surface area contributed by atoms with Crippen molar-refractivity contribution in [3.63, 3.8) is 0 Å². The van der Waals surface area contributed by atoms with E-state index >= 15 is 0 Å². The Hall–Kier alpha value is -1.10. The van der Waals surface area contributed by atoms with Gasteiger partial charge in [-0.2, -0.15) is 0 Å². The van der Waals surface area contributed by atoms with Crippen LogP contribution in [-0.2, 0) is 9.53 Å². The first-order valence-electron chi connectivity index (χ1n) is 5.37. The Kier molecular flexibility index (Phi) is 3.57. The van der Waals surface area contributed by atoms with Crippen LogP contribution in [-0.4, -0.2) is 46.7 Å². The van der Waals surface area contributed by atoms with Crippen LogP contribution in [0.15, 0.2) is 0 Å². The van der Waals surface area contributed by atoms with Gasteiger partial charge in [-0.1, -0.05) is 0 Å². The molecule has 1 rings (SSSR count). The molecule has 0 radical (unpaired) electrons. The molecule has 92 valence electrons. The topological polar surface area (TPSA) is 66.8 Å². The highest BCUT2D eigenvalue weighted by atomic mass is 16.6. The molecule has 0 aromatic rings. The second kappa shape index (κ2) is 4.41. The molecule has 1 aliphatic rings. The van der Waals surface area contributed by atoms with Crippen LogP contribution in [0.2, 0.25) is 0 Å². The first kappa shape index (κ1) is 13.0. The van der Waals surface area contributed by atoms with Crippen LogP contribution in [0, 0.1) is 5.92 Å². The third kappa shape index (κ3) is 3.20. The van der Waals surface area contributed by atoms with Crippen LogP contribution in [0.5, 0.6) is 0 Å². The van der Waals surface area contributed by atoms with Gasteiger partial charge in [0, 0.05) is 6.54 Å². The van der Waals surface area contributed by atoms with Crippen molar-refractivity contribution in [3.8, 4) is 0 Å². The normalized spacial score (nSPS) is 25.7. The fourth-order valence-corrected chi connectivity index (χ4v) is 1.66. The van der Waals surface area contributed by atoms with E-state index in [-0.39, 0.29) is 18.9 Å². The average molecular weight is 229 g/mol. The summed E-state index contributed by atoms with van der Waals surface area (Å²) in [6, 6.07) is 0. The van der Waals surface area contributed by atoms with Crippen LogP contribution in [0.4, 0.5) is 4.79 Å². The third-order valence-corrected chi connectivity index (χ3v) is 2.46. The number of hydrogen-bond donors (Lipinski definition) is 1. The summed E-state index contributed by atoms with van der Waals surface area (Å²) >= 11 is 0. The highest BCUT2D eigenvalue weighted by molar-refractivity contribution is 5.81. The summed E-state index contributed by atoms with van der Waals surface area (Å²) in [7, 11) is 0. The van der Waals surface area contributed by atoms with E-state index in [9.17, 15) is 14.7 Å². The molecule has 0 spiro atoms. The number of carbonyl (C=O) groups is 2. The van der Waals surface area contributed by atoms with Crippen molar-refractivity contribution in [1.82, 2.24) is 4.90 Å². The molecule has 1 saturated heterocycles. The number of ether oxygens (including phenoxy) is 1. The van der Waals surface area contributed by atoms with Crippen molar-refractivity contribution in [1.29, 1.82) is 0 Å². The lowest BCUT2D eigenvalue weighted by atomic mass is 10.0. The zero-order valence-electron chi connectivity index (χ0n) is 10.2. The predicted octanol–water partition coefficient (Wildman–Crippen LogP) is 0.803. The van der Waals surface area contributed by atoms with E-state index in [2.05, 4.69) is 0 Å². The minimum absolute atomic E-state index is 0.0986. The summed E-state index contributed by atoms with van der Waals surface area (Å²) < 4.78 is 5.16. The lowest BCUT2D eigenvalue weighted by Crippen LogP contribution is -2.36. The van der Waals surface area contributed by atoms with E-state index in [1.54, 1.807) is 20.8 Å². The Morgan fingerprint density at radius 3 is 2.25 bits per heavy atom. The number of Topliss-reactive ketones (excluding diaryl/α,β-unsaturated/α-hetero) is 1. The minimum Gasteiger partial charge on any atom is -0.444 e. The highest BCUT2D eigenvalue weighted by Crippen LogP contribution is 2.20. The number of amides is 1. The Morgan fingerprint density at radius 1 is 1.31 bits per heavy atom. The molecule has 0 bridgehead atoms. The van der Waals surface area contributed by atoms with Gasteiger partial charge in [0.2, 0.25) is 0 Å². The maximum absolute atomic E-state index is 11.7. The molecule has 1 N–H and O–H groups in total. The largest absolute Gasteiger partial charge is 0.444 e. The third-order valence-electron chi connectivity index (χ3n) is 2.46.